The molecule has 0 aliphatic rings. The third-order valence-electron chi connectivity index (χ3n) is 1.55. The third-order valence-corrected chi connectivity index (χ3v) is 1.55. The van der Waals surface area contributed by atoms with Gasteiger partial charge in [0.2, 0.25) is 0 Å². The van der Waals surface area contributed by atoms with Crippen molar-refractivity contribution >= 4 is 0 Å². The molecule has 0 spiro atoms. The van der Waals surface area contributed by atoms with E-state index in [4.69, 9.17) is 5.11 Å². The van der Waals surface area contributed by atoms with Crippen LogP contribution in [0.3, 0.4) is 0 Å². The lowest BCUT2D eigenvalue weighted by atomic mass is 10.1. The van der Waals surface area contributed by atoms with Crippen LogP contribution in [0.1, 0.15) is 19.3 Å². The van der Waals surface area contributed by atoms with Crippen molar-refractivity contribution < 1.29 is 27.1 Å². The van der Waals surface area contributed by atoms with Gasteiger partial charge in [-0.25, -0.2) is 0 Å². The second kappa shape index (κ2) is 5.29. The zero-order valence-electron chi connectivity index (χ0n) is 7.32. The molecule has 0 saturated heterocycles. The van der Waals surface area contributed by atoms with Gasteiger partial charge in [0, 0.05) is 6.42 Å². The molecule has 0 bridgehead atoms. The van der Waals surface area contributed by atoms with Gasteiger partial charge >= 0.3 is 12.1 Å². The minimum absolute atomic E-state index is 0.103. The molecule has 0 saturated carbocycles. The Kier molecular flexibility index (Phi) is 5.04. The molecular weight excluding hydrogens is 207 g/mol. The highest BCUT2D eigenvalue weighted by Crippen LogP contribution is 2.38. The normalized spacial score (nSPS) is 13.9. The van der Waals surface area contributed by atoms with E-state index < -0.39 is 18.5 Å². The molecule has 0 aromatic rings. The number of aliphatic hydroxyl groups is 1. The zero-order chi connectivity index (χ0) is 11.2. The number of hydrogen-bond donors (Lipinski definition) is 1. The van der Waals surface area contributed by atoms with Crippen molar-refractivity contribution in [1.29, 1.82) is 0 Å². The number of unbranched alkanes of at least 4 members (excludes halogenated alkanes) is 1. The summed E-state index contributed by atoms with van der Waals surface area (Å²) in [5.74, 6) is -4.61. The summed E-state index contributed by atoms with van der Waals surface area (Å²) in [6.07, 6.45) is -4.17. The second-order valence-corrected chi connectivity index (χ2v) is 2.75. The molecule has 6 heteroatoms. The summed E-state index contributed by atoms with van der Waals surface area (Å²) < 4.78 is 59.3. The van der Waals surface area contributed by atoms with Crippen LogP contribution in [0.15, 0.2) is 12.2 Å². The quantitative estimate of drug-likeness (QED) is 0.427. The summed E-state index contributed by atoms with van der Waals surface area (Å²) in [6, 6.07) is 0. The average molecular weight is 218 g/mol. The van der Waals surface area contributed by atoms with Gasteiger partial charge in [0.05, 0.1) is 6.61 Å². The maximum absolute atomic E-state index is 12.2. The van der Waals surface area contributed by atoms with Crippen LogP contribution >= 0.6 is 0 Å². The Labute approximate surface area is 78.2 Å². The second-order valence-electron chi connectivity index (χ2n) is 2.75. The summed E-state index contributed by atoms with van der Waals surface area (Å²) in [5, 5.41) is 8.24. The predicted molar refractivity (Wildman–Crippen MR) is 41.1 cm³/mol. The van der Waals surface area contributed by atoms with Gasteiger partial charge in [-0.15, -0.1) is 0 Å². The summed E-state index contributed by atoms with van der Waals surface area (Å²) in [6.45, 7) is -0.240. The minimum Gasteiger partial charge on any atom is -0.392 e. The molecule has 0 rings (SSSR count). The van der Waals surface area contributed by atoms with Crippen molar-refractivity contribution in [3.63, 3.8) is 0 Å². The molecule has 0 aromatic heterocycles. The lowest BCUT2D eigenvalue weighted by Crippen LogP contribution is -2.36. The van der Waals surface area contributed by atoms with Crippen LogP contribution in [0.5, 0.6) is 0 Å². The van der Waals surface area contributed by atoms with E-state index in [1.165, 1.54) is 12.2 Å². The number of allylic oxidation sites excluding steroid dienone is 1. The molecule has 0 radical (unpaired) electrons. The van der Waals surface area contributed by atoms with Gasteiger partial charge < -0.3 is 5.11 Å². The van der Waals surface area contributed by atoms with Crippen LogP contribution in [0, 0.1) is 0 Å². The van der Waals surface area contributed by atoms with Crippen molar-refractivity contribution in [2.24, 2.45) is 0 Å². The number of alkyl halides is 5. The Bertz CT molecular complexity index is 185. The number of rotatable bonds is 5. The fourth-order valence-corrected chi connectivity index (χ4v) is 0.776. The fraction of sp³-hybridized carbons (Fsp3) is 0.750. The van der Waals surface area contributed by atoms with Gasteiger partial charge in [-0.05, 0) is 12.8 Å². The standard InChI is InChI=1S/C8H11F5O/c9-7(10,8(11,12)13)5-3-1-2-4-6-14/h2,4,14H,1,3,5-6H2/b4-2+. The van der Waals surface area contributed by atoms with Crippen LogP contribution in [0.2, 0.25) is 0 Å². The molecule has 14 heavy (non-hydrogen) atoms. The van der Waals surface area contributed by atoms with E-state index >= 15 is 0 Å². The van der Waals surface area contributed by atoms with E-state index in [0.717, 1.165) is 0 Å². The topological polar surface area (TPSA) is 20.2 Å². The van der Waals surface area contributed by atoms with Crippen molar-refractivity contribution in [2.45, 2.75) is 31.4 Å². The largest absolute Gasteiger partial charge is 0.453 e. The van der Waals surface area contributed by atoms with Crippen LogP contribution in [-0.2, 0) is 0 Å². The molecule has 0 unspecified atom stereocenters. The Hall–Kier alpha value is -0.650. The van der Waals surface area contributed by atoms with Gasteiger partial charge in [0.25, 0.3) is 0 Å². The van der Waals surface area contributed by atoms with Gasteiger partial charge in [0.15, 0.2) is 0 Å². The molecule has 0 aromatic carbocycles. The van der Waals surface area contributed by atoms with E-state index in [1.54, 1.807) is 0 Å². The van der Waals surface area contributed by atoms with Gasteiger partial charge in [-0.1, -0.05) is 12.2 Å². The molecule has 84 valence electrons. The first kappa shape index (κ1) is 13.4. The first-order valence-corrected chi connectivity index (χ1v) is 4.01. The molecule has 0 aliphatic heterocycles. The number of halogens is 5. The lowest BCUT2D eigenvalue weighted by Gasteiger charge is -2.18. The van der Waals surface area contributed by atoms with Crippen LogP contribution in [0.4, 0.5) is 22.0 Å². The molecule has 0 aliphatic carbocycles. The minimum atomic E-state index is -5.46. The Morgan fingerprint density at radius 1 is 1.00 bits per heavy atom. The van der Waals surface area contributed by atoms with Crippen molar-refractivity contribution in [1.82, 2.24) is 0 Å². The van der Waals surface area contributed by atoms with Crippen LogP contribution < -0.4 is 0 Å². The highest BCUT2D eigenvalue weighted by molar-refractivity contribution is 4.82. The van der Waals surface area contributed by atoms with E-state index in [2.05, 4.69) is 0 Å². The summed E-state index contributed by atoms with van der Waals surface area (Å²) in [4.78, 5) is 0. The van der Waals surface area contributed by atoms with Crippen LogP contribution in [-0.4, -0.2) is 23.8 Å². The summed E-state index contributed by atoms with van der Waals surface area (Å²) in [5.41, 5.74) is 0. The van der Waals surface area contributed by atoms with E-state index in [0.29, 0.717) is 0 Å². The van der Waals surface area contributed by atoms with Crippen molar-refractivity contribution in [2.75, 3.05) is 6.61 Å². The number of aliphatic hydroxyl groups excluding tert-OH is 1. The SMILES string of the molecule is OC/C=C/CCCC(F)(F)C(F)(F)F. The van der Waals surface area contributed by atoms with Crippen molar-refractivity contribution in [3.8, 4) is 0 Å². The molecular formula is C8H11F5O. The fourth-order valence-electron chi connectivity index (χ4n) is 0.776. The van der Waals surface area contributed by atoms with Crippen molar-refractivity contribution in [3.05, 3.63) is 12.2 Å². The summed E-state index contributed by atoms with van der Waals surface area (Å²) in [7, 11) is 0. The van der Waals surface area contributed by atoms with E-state index in [-0.39, 0.29) is 19.4 Å². The monoisotopic (exact) mass is 218 g/mol. The van der Waals surface area contributed by atoms with E-state index in [1.807, 2.05) is 0 Å². The highest BCUT2D eigenvalue weighted by atomic mass is 19.4. The summed E-state index contributed by atoms with van der Waals surface area (Å²) >= 11 is 0. The molecule has 0 atom stereocenters. The van der Waals surface area contributed by atoms with Gasteiger partial charge in [0.1, 0.15) is 0 Å². The smallest absolute Gasteiger partial charge is 0.392 e. The molecule has 1 N–H and O–H groups in total. The average Bonchev–Trinajstić information content (AvgIpc) is 2.02. The molecule has 0 heterocycles. The maximum atomic E-state index is 12.2. The first-order valence-electron chi connectivity index (χ1n) is 4.01. The van der Waals surface area contributed by atoms with E-state index in [9.17, 15) is 22.0 Å². The third kappa shape index (κ3) is 4.55. The maximum Gasteiger partial charge on any atom is 0.453 e. The number of hydrogen-bond acceptors (Lipinski definition) is 1. The lowest BCUT2D eigenvalue weighted by molar-refractivity contribution is -0.284. The Morgan fingerprint density at radius 2 is 1.57 bits per heavy atom. The van der Waals surface area contributed by atoms with Gasteiger partial charge in [-0.3, -0.25) is 0 Å². The zero-order valence-corrected chi connectivity index (χ0v) is 7.32. The molecule has 0 amide bonds. The molecule has 1 nitrogen and oxygen atoms in total. The van der Waals surface area contributed by atoms with Gasteiger partial charge in [-0.2, -0.15) is 22.0 Å². The van der Waals surface area contributed by atoms with Crippen LogP contribution in [0.25, 0.3) is 0 Å². The highest BCUT2D eigenvalue weighted by Gasteiger charge is 2.56. The Morgan fingerprint density at radius 3 is 2.00 bits per heavy atom. The first-order chi connectivity index (χ1) is 6.31. The predicted octanol–water partition coefficient (Wildman–Crippen LogP) is 2.90. The Balaban J connectivity index is 3.83. The molecule has 0 fully saturated rings.